The Morgan fingerprint density at radius 2 is 1.20 bits per heavy atom. The third kappa shape index (κ3) is 4.08. The normalized spacial score (nSPS) is 16.7. The van der Waals surface area contributed by atoms with Crippen molar-refractivity contribution < 1.29 is 18.5 Å². The molecule has 0 atom stereocenters. The maximum atomic E-state index is 12.7. The van der Waals surface area contributed by atoms with Gasteiger partial charge in [-0.3, -0.25) is 4.89 Å². The van der Waals surface area contributed by atoms with Gasteiger partial charge in [-0.2, -0.15) is 0 Å². The van der Waals surface area contributed by atoms with Gasteiger partial charge in [0.05, 0.1) is 0 Å². The molecule has 0 unspecified atom stereocenters. The van der Waals surface area contributed by atoms with Crippen LogP contribution in [0.1, 0.15) is 46.2 Å². The van der Waals surface area contributed by atoms with Crippen LogP contribution in [-0.4, -0.2) is 4.89 Å². The Balaban J connectivity index is 2.07. The van der Waals surface area contributed by atoms with E-state index < -0.39 is 7.82 Å². The summed E-state index contributed by atoms with van der Waals surface area (Å²) in [4.78, 5) is 10.4. The standard InChI is InChI=1S/C20H25O4P/c1-13-9-15(3)19-17(11-13)7-5-6-8-18-12-14(2)10-16(4)20(18)24-25(21,22)23-19/h9-12H,5-8H2,1-4H3,(H,21,22). The molecule has 0 bridgehead atoms. The van der Waals surface area contributed by atoms with Crippen LogP contribution in [-0.2, 0) is 17.4 Å². The molecule has 2 aromatic carbocycles. The first-order chi connectivity index (χ1) is 11.7. The predicted octanol–water partition coefficient (Wildman–Crippen LogP) is 5.36. The first-order valence-electron chi connectivity index (χ1n) is 8.67. The molecule has 0 aliphatic carbocycles. The van der Waals surface area contributed by atoms with Crippen LogP contribution in [0.15, 0.2) is 24.3 Å². The zero-order chi connectivity index (χ0) is 18.2. The number of aryl methyl sites for hydroxylation is 6. The van der Waals surface area contributed by atoms with Gasteiger partial charge in [0.1, 0.15) is 11.5 Å². The maximum absolute atomic E-state index is 12.7. The van der Waals surface area contributed by atoms with Gasteiger partial charge < -0.3 is 9.05 Å². The van der Waals surface area contributed by atoms with E-state index >= 15 is 0 Å². The van der Waals surface area contributed by atoms with Gasteiger partial charge in [0.25, 0.3) is 0 Å². The smallest absolute Gasteiger partial charge is 0.395 e. The van der Waals surface area contributed by atoms with Crippen LogP contribution >= 0.6 is 7.82 Å². The largest absolute Gasteiger partial charge is 0.584 e. The summed E-state index contributed by atoms with van der Waals surface area (Å²) in [5.74, 6) is 0.953. The predicted molar refractivity (Wildman–Crippen MR) is 99.6 cm³/mol. The van der Waals surface area contributed by atoms with E-state index in [0.29, 0.717) is 11.5 Å². The molecule has 1 aliphatic rings. The molecule has 1 aliphatic heterocycles. The van der Waals surface area contributed by atoms with Crippen molar-refractivity contribution in [2.45, 2.75) is 53.4 Å². The molecule has 4 nitrogen and oxygen atoms in total. The minimum atomic E-state index is -4.27. The molecule has 0 saturated carbocycles. The fourth-order valence-corrected chi connectivity index (χ4v) is 4.62. The molecule has 3 rings (SSSR count). The molecule has 0 amide bonds. The zero-order valence-corrected chi connectivity index (χ0v) is 16.2. The Kier molecular flexibility index (Phi) is 4.95. The molecule has 0 radical (unpaired) electrons. The third-order valence-electron chi connectivity index (χ3n) is 4.55. The minimum Gasteiger partial charge on any atom is -0.395 e. The lowest BCUT2D eigenvalue weighted by Crippen LogP contribution is -2.05. The van der Waals surface area contributed by atoms with Crippen molar-refractivity contribution in [1.82, 2.24) is 0 Å². The van der Waals surface area contributed by atoms with E-state index in [2.05, 4.69) is 0 Å². The summed E-state index contributed by atoms with van der Waals surface area (Å²) >= 11 is 0. The van der Waals surface area contributed by atoms with Crippen LogP contribution in [0.2, 0.25) is 0 Å². The Bertz CT molecular complexity index is 790. The minimum absolute atomic E-state index is 0.477. The van der Waals surface area contributed by atoms with E-state index in [0.717, 1.165) is 59.1 Å². The van der Waals surface area contributed by atoms with E-state index in [4.69, 9.17) is 9.05 Å². The molecule has 0 fully saturated rings. The molecule has 0 aromatic heterocycles. The number of benzene rings is 2. The molecule has 134 valence electrons. The summed E-state index contributed by atoms with van der Waals surface area (Å²) in [7, 11) is -4.27. The molecule has 5 heteroatoms. The van der Waals surface area contributed by atoms with Gasteiger partial charge in [0, 0.05) is 0 Å². The second kappa shape index (κ2) is 6.86. The Labute approximate surface area is 149 Å². The van der Waals surface area contributed by atoms with Crippen LogP contribution in [0.4, 0.5) is 0 Å². The fourth-order valence-electron chi connectivity index (χ4n) is 3.60. The summed E-state index contributed by atoms with van der Waals surface area (Å²) in [5, 5.41) is 0. The van der Waals surface area contributed by atoms with Crippen LogP contribution in [0, 0.1) is 27.7 Å². The number of hydrogen-bond acceptors (Lipinski definition) is 3. The molecule has 0 saturated heterocycles. The average molecular weight is 360 g/mol. The van der Waals surface area contributed by atoms with Crippen molar-refractivity contribution in [3.8, 4) is 11.5 Å². The average Bonchev–Trinajstić information content (AvgIpc) is 2.51. The molecule has 0 spiro atoms. The van der Waals surface area contributed by atoms with Gasteiger partial charge in [-0.15, -0.1) is 0 Å². The van der Waals surface area contributed by atoms with E-state index in [1.807, 2.05) is 52.0 Å². The fraction of sp³-hybridized carbons (Fsp3) is 0.400. The molecule has 1 N–H and O–H groups in total. The highest BCUT2D eigenvalue weighted by Gasteiger charge is 2.30. The molecular formula is C20H25O4P. The van der Waals surface area contributed by atoms with Gasteiger partial charge in [-0.05, 0) is 75.6 Å². The lowest BCUT2D eigenvalue weighted by molar-refractivity contribution is 0.288. The van der Waals surface area contributed by atoms with Crippen LogP contribution in [0.3, 0.4) is 0 Å². The SMILES string of the molecule is Cc1cc(C)c2c(c1)CCCCc1cc(C)cc(C)c1OP(=O)(O)O2. The van der Waals surface area contributed by atoms with Crippen molar-refractivity contribution in [1.29, 1.82) is 0 Å². The van der Waals surface area contributed by atoms with Crippen molar-refractivity contribution >= 4 is 7.82 Å². The number of phosphoric ester groups is 1. The summed E-state index contributed by atoms with van der Waals surface area (Å²) in [6.45, 7) is 7.84. The second-order valence-corrected chi connectivity index (χ2v) is 8.30. The highest BCUT2D eigenvalue weighted by atomic mass is 31.2. The lowest BCUT2D eigenvalue weighted by atomic mass is 9.97. The third-order valence-corrected chi connectivity index (χ3v) is 5.37. The maximum Gasteiger partial charge on any atom is 0.584 e. The highest BCUT2D eigenvalue weighted by molar-refractivity contribution is 7.48. The zero-order valence-electron chi connectivity index (χ0n) is 15.3. The van der Waals surface area contributed by atoms with Crippen LogP contribution in [0.25, 0.3) is 0 Å². The first kappa shape index (κ1) is 18.0. The first-order valence-corrected chi connectivity index (χ1v) is 10.2. The van der Waals surface area contributed by atoms with E-state index in [1.165, 1.54) is 0 Å². The van der Waals surface area contributed by atoms with Crippen molar-refractivity contribution in [3.05, 3.63) is 57.6 Å². The lowest BCUT2D eigenvalue weighted by Gasteiger charge is -2.20. The van der Waals surface area contributed by atoms with Crippen molar-refractivity contribution in [2.24, 2.45) is 0 Å². The molecule has 25 heavy (non-hydrogen) atoms. The number of fused-ring (bicyclic) bond motifs is 2. The quantitative estimate of drug-likeness (QED) is 0.643. The van der Waals surface area contributed by atoms with Crippen molar-refractivity contribution in [2.75, 3.05) is 0 Å². The van der Waals surface area contributed by atoms with Crippen molar-refractivity contribution in [3.63, 3.8) is 0 Å². The monoisotopic (exact) mass is 360 g/mol. The number of hydrogen-bond donors (Lipinski definition) is 1. The van der Waals surface area contributed by atoms with Crippen LogP contribution < -0.4 is 9.05 Å². The number of phosphoric acid groups is 1. The Morgan fingerprint density at radius 3 is 1.60 bits per heavy atom. The Hall–Kier alpha value is -1.77. The van der Waals surface area contributed by atoms with Gasteiger partial charge in [-0.25, -0.2) is 4.57 Å². The van der Waals surface area contributed by atoms with E-state index in [1.54, 1.807) is 0 Å². The Morgan fingerprint density at radius 1 is 0.800 bits per heavy atom. The highest BCUT2D eigenvalue weighted by Crippen LogP contribution is 2.49. The summed E-state index contributed by atoms with van der Waals surface area (Å²) in [6.07, 6.45) is 3.61. The van der Waals surface area contributed by atoms with Gasteiger partial charge >= 0.3 is 7.82 Å². The summed E-state index contributed by atoms with van der Waals surface area (Å²) in [6, 6.07) is 7.98. The summed E-state index contributed by atoms with van der Waals surface area (Å²) in [5.41, 5.74) is 5.89. The topological polar surface area (TPSA) is 55.8 Å². The molecule has 2 aromatic rings. The van der Waals surface area contributed by atoms with E-state index in [9.17, 15) is 9.46 Å². The van der Waals surface area contributed by atoms with Gasteiger partial charge in [0.15, 0.2) is 0 Å². The van der Waals surface area contributed by atoms with Gasteiger partial charge in [-0.1, -0.05) is 35.4 Å². The molecular weight excluding hydrogens is 335 g/mol. The number of rotatable bonds is 0. The van der Waals surface area contributed by atoms with Crippen LogP contribution in [0.5, 0.6) is 11.5 Å². The van der Waals surface area contributed by atoms with Gasteiger partial charge in [0.2, 0.25) is 0 Å². The molecule has 1 heterocycles. The summed E-state index contributed by atoms with van der Waals surface area (Å²) < 4.78 is 23.8. The van der Waals surface area contributed by atoms with E-state index in [-0.39, 0.29) is 0 Å². The second-order valence-electron chi connectivity index (χ2n) is 7.00.